The highest BCUT2D eigenvalue weighted by Gasteiger charge is 2.30. The minimum absolute atomic E-state index is 0.223. The summed E-state index contributed by atoms with van der Waals surface area (Å²) in [5.41, 5.74) is 0.751. The third kappa shape index (κ3) is 3.93. The van der Waals surface area contributed by atoms with Crippen LogP contribution >= 0.6 is 11.3 Å². The van der Waals surface area contributed by atoms with Crippen LogP contribution in [-0.4, -0.2) is 30.1 Å². The van der Waals surface area contributed by atoms with Gasteiger partial charge in [-0.3, -0.25) is 4.79 Å². The van der Waals surface area contributed by atoms with E-state index >= 15 is 0 Å². The van der Waals surface area contributed by atoms with Crippen molar-refractivity contribution in [2.45, 2.75) is 38.6 Å². The second kappa shape index (κ2) is 6.53. The van der Waals surface area contributed by atoms with Gasteiger partial charge in [-0.25, -0.2) is 4.98 Å². The molecular weight excluding hydrogens is 262 g/mol. The van der Waals surface area contributed by atoms with Gasteiger partial charge in [0.1, 0.15) is 0 Å². The largest absolute Gasteiger partial charge is 0.466 e. The Hall–Kier alpha value is -1.61. The Morgan fingerprint density at radius 1 is 1.68 bits per heavy atom. The van der Waals surface area contributed by atoms with Crippen LogP contribution in [0.2, 0.25) is 0 Å². The Morgan fingerprint density at radius 3 is 3.11 bits per heavy atom. The summed E-state index contributed by atoms with van der Waals surface area (Å²) in [5, 5.41) is 11.5. The molecule has 0 N–H and O–H groups in total. The Morgan fingerprint density at radius 2 is 2.47 bits per heavy atom. The van der Waals surface area contributed by atoms with Crippen LogP contribution in [0.5, 0.6) is 0 Å². The van der Waals surface area contributed by atoms with Gasteiger partial charge in [0.2, 0.25) is 0 Å². The van der Waals surface area contributed by atoms with E-state index in [1.54, 1.807) is 6.92 Å². The minimum Gasteiger partial charge on any atom is -0.466 e. The molecule has 6 heteroatoms. The molecular formula is C13H17N3O2S. The van der Waals surface area contributed by atoms with Gasteiger partial charge < -0.3 is 9.64 Å². The molecule has 0 bridgehead atoms. The molecule has 1 fully saturated rings. The van der Waals surface area contributed by atoms with Crippen molar-refractivity contribution < 1.29 is 9.53 Å². The first-order chi connectivity index (χ1) is 9.24. The molecule has 5 nitrogen and oxygen atoms in total. The number of nitrogens with zero attached hydrogens (tertiary/aromatic N) is 3. The van der Waals surface area contributed by atoms with Crippen molar-refractivity contribution in [3.05, 3.63) is 11.1 Å². The number of anilines is 1. The Kier molecular flexibility index (Phi) is 4.74. The lowest BCUT2D eigenvalue weighted by Crippen LogP contribution is -2.26. The molecule has 0 radical (unpaired) electrons. The zero-order valence-electron chi connectivity index (χ0n) is 11.0. The number of aromatic nitrogens is 1. The molecule has 0 aromatic carbocycles. The average Bonchev–Trinajstić information content (AvgIpc) is 3.11. The molecule has 1 aliphatic carbocycles. The maximum absolute atomic E-state index is 11.4. The highest BCUT2D eigenvalue weighted by Crippen LogP contribution is 2.33. The van der Waals surface area contributed by atoms with Gasteiger partial charge in [-0.2, -0.15) is 5.26 Å². The Balaban J connectivity index is 1.98. The van der Waals surface area contributed by atoms with E-state index < -0.39 is 0 Å². The van der Waals surface area contributed by atoms with E-state index in [1.165, 1.54) is 11.3 Å². The average molecular weight is 279 g/mol. The summed E-state index contributed by atoms with van der Waals surface area (Å²) in [4.78, 5) is 18.1. The lowest BCUT2D eigenvalue weighted by Gasteiger charge is -2.19. The number of esters is 1. The second-order valence-electron chi connectivity index (χ2n) is 4.44. The molecule has 0 saturated heterocycles. The molecule has 19 heavy (non-hydrogen) atoms. The smallest absolute Gasteiger partial charge is 0.311 e. The zero-order valence-corrected chi connectivity index (χ0v) is 11.8. The number of hydrogen-bond acceptors (Lipinski definition) is 6. The fourth-order valence-electron chi connectivity index (χ4n) is 1.86. The number of rotatable bonds is 7. The molecule has 1 aliphatic rings. The molecule has 0 spiro atoms. The van der Waals surface area contributed by atoms with Gasteiger partial charge >= 0.3 is 5.97 Å². The van der Waals surface area contributed by atoms with Crippen molar-refractivity contribution >= 4 is 22.4 Å². The van der Waals surface area contributed by atoms with Crippen LogP contribution in [0.4, 0.5) is 5.13 Å². The summed E-state index contributed by atoms with van der Waals surface area (Å²) in [5.74, 6) is -0.241. The van der Waals surface area contributed by atoms with Crippen LogP contribution in [0, 0.1) is 11.3 Å². The van der Waals surface area contributed by atoms with Crippen molar-refractivity contribution in [2.24, 2.45) is 0 Å². The number of carbonyl (C=O) groups is 1. The van der Waals surface area contributed by atoms with Crippen LogP contribution in [-0.2, 0) is 16.0 Å². The fraction of sp³-hybridized carbons (Fsp3) is 0.615. The van der Waals surface area contributed by atoms with Gasteiger partial charge in [-0.1, -0.05) is 0 Å². The first-order valence-electron chi connectivity index (χ1n) is 6.48. The van der Waals surface area contributed by atoms with Crippen LogP contribution in [0.15, 0.2) is 5.38 Å². The quantitative estimate of drug-likeness (QED) is 0.715. The van der Waals surface area contributed by atoms with E-state index in [2.05, 4.69) is 16.0 Å². The summed E-state index contributed by atoms with van der Waals surface area (Å²) in [7, 11) is 0. The standard InChI is InChI=1S/C13H17N3O2S/c1-2-18-12(17)8-10-9-19-13(15-10)16(7-3-6-14)11-4-5-11/h9,11H,2-5,7-8H2,1H3. The summed E-state index contributed by atoms with van der Waals surface area (Å²) >= 11 is 1.53. The van der Waals surface area contributed by atoms with Crippen LogP contribution in [0.25, 0.3) is 0 Å². The SMILES string of the molecule is CCOC(=O)Cc1csc(N(CCC#N)C2CC2)n1. The zero-order chi connectivity index (χ0) is 13.7. The van der Waals surface area contributed by atoms with E-state index in [1.807, 2.05) is 5.38 Å². The molecule has 1 heterocycles. The fourth-order valence-corrected chi connectivity index (χ4v) is 2.78. The molecule has 0 atom stereocenters. The Labute approximate surface area is 116 Å². The third-order valence-electron chi connectivity index (χ3n) is 2.87. The van der Waals surface area contributed by atoms with Gasteiger partial charge in [0.05, 0.1) is 31.2 Å². The summed E-state index contributed by atoms with van der Waals surface area (Å²) < 4.78 is 4.91. The van der Waals surface area contributed by atoms with Crippen molar-refractivity contribution in [1.82, 2.24) is 4.98 Å². The molecule has 2 rings (SSSR count). The molecule has 1 aromatic heterocycles. The van der Waals surface area contributed by atoms with E-state index in [-0.39, 0.29) is 12.4 Å². The van der Waals surface area contributed by atoms with Crippen molar-refractivity contribution in [2.75, 3.05) is 18.1 Å². The lowest BCUT2D eigenvalue weighted by atomic mass is 10.3. The third-order valence-corrected chi connectivity index (χ3v) is 3.79. The topological polar surface area (TPSA) is 66.2 Å². The number of nitriles is 1. The molecule has 1 aromatic rings. The van der Waals surface area contributed by atoms with Gasteiger partial charge in [0.25, 0.3) is 0 Å². The maximum atomic E-state index is 11.4. The highest BCUT2D eigenvalue weighted by atomic mass is 32.1. The van der Waals surface area contributed by atoms with E-state index in [0.29, 0.717) is 25.6 Å². The Bertz CT molecular complexity index is 476. The number of ether oxygens (including phenoxy) is 1. The van der Waals surface area contributed by atoms with Crippen LogP contribution in [0.1, 0.15) is 31.9 Å². The minimum atomic E-state index is -0.241. The molecule has 0 aliphatic heterocycles. The summed E-state index contributed by atoms with van der Waals surface area (Å²) in [6.45, 7) is 2.90. The number of thiazole rings is 1. The van der Waals surface area contributed by atoms with Crippen molar-refractivity contribution in [1.29, 1.82) is 5.26 Å². The van der Waals surface area contributed by atoms with E-state index in [9.17, 15) is 4.79 Å². The summed E-state index contributed by atoms with van der Waals surface area (Å²) in [6, 6.07) is 2.69. The first kappa shape index (κ1) is 13.8. The molecule has 1 saturated carbocycles. The maximum Gasteiger partial charge on any atom is 0.311 e. The number of carbonyl (C=O) groups excluding carboxylic acids is 1. The van der Waals surface area contributed by atoms with Crippen molar-refractivity contribution in [3.8, 4) is 6.07 Å². The van der Waals surface area contributed by atoms with Gasteiger partial charge in [-0.15, -0.1) is 11.3 Å². The normalized spacial score (nSPS) is 13.9. The second-order valence-corrected chi connectivity index (χ2v) is 5.27. The predicted octanol–water partition coefficient (Wildman–Crippen LogP) is 2.13. The van der Waals surface area contributed by atoms with Gasteiger partial charge in [0.15, 0.2) is 5.13 Å². The molecule has 0 amide bonds. The van der Waals surface area contributed by atoms with Crippen LogP contribution < -0.4 is 4.90 Å². The van der Waals surface area contributed by atoms with Crippen LogP contribution in [0.3, 0.4) is 0 Å². The first-order valence-corrected chi connectivity index (χ1v) is 7.36. The molecule has 0 unspecified atom stereocenters. The van der Waals surface area contributed by atoms with E-state index in [4.69, 9.17) is 10.00 Å². The van der Waals surface area contributed by atoms with Gasteiger partial charge in [0, 0.05) is 18.0 Å². The monoisotopic (exact) mass is 279 g/mol. The van der Waals surface area contributed by atoms with E-state index in [0.717, 1.165) is 23.7 Å². The highest BCUT2D eigenvalue weighted by molar-refractivity contribution is 7.13. The molecule has 102 valence electrons. The van der Waals surface area contributed by atoms with Gasteiger partial charge in [-0.05, 0) is 19.8 Å². The summed E-state index contributed by atoms with van der Waals surface area (Å²) in [6.07, 6.45) is 3.06. The number of hydrogen-bond donors (Lipinski definition) is 0. The van der Waals surface area contributed by atoms with Crippen molar-refractivity contribution in [3.63, 3.8) is 0 Å². The lowest BCUT2D eigenvalue weighted by molar-refractivity contribution is -0.142. The predicted molar refractivity (Wildman–Crippen MR) is 73.0 cm³/mol.